The molecule has 2 aliphatic heterocycles. The van der Waals surface area contributed by atoms with E-state index in [-0.39, 0.29) is 48.9 Å². The summed E-state index contributed by atoms with van der Waals surface area (Å²) in [6.45, 7) is 3.44. The average Bonchev–Trinajstić information content (AvgIpc) is 3.32. The van der Waals surface area contributed by atoms with E-state index in [4.69, 9.17) is 15.0 Å². The zero-order valence-electron chi connectivity index (χ0n) is 16.6. The minimum atomic E-state index is -3.76. The second kappa shape index (κ2) is 6.98. The van der Waals surface area contributed by atoms with E-state index in [1.54, 1.807) is 6.92 Å². The van der Waals surface area contributed by atoms with Gasteiger partial charge in [-0.15, -0.1) is 0 Å². The van der Waals surface area contributed by atoms with Crippen molar-refractivity contribution in [2.45, 2.75) is 37.0 Å². The van der Waals surface area contributed by atoms with Crippen LogP contribution in [0.15, 0.2) is 33.8 Å². The van der Waals surface area contributed by atoms with Crippen molar-refractivity contribution in [1.29, 1.82) is 0 Å². The molecule has 1 saturated heterocycles. The SMILES string of the molecule is Cc1cc(C(=O)Cc2ccc(F)c([C@]3(C)CS(=O)(=O)[C@]4(CCOC4)C(N)=N3)c2)no1. The number of ether oxygens (including phenoxy) is 1. The molecule has 2 N–H and O–H groups in total. The normalized spacial score (nSPS) is 27.9. The monoisotopic (exact) mass is 435 g/mol. The highest BCUT2D eigenvalue weighted by atomic mass is 32.2. The number of halogens is 1. The predicted octanol–water partition coefficient (Wildman–Crippen LogP) is 1.71. The Hall–Kier alpha value is -2.59. The Balaban J connectivity index is 1.71. The Morgan fingerprint density at radius 1 is 1.33 bits per heavy atom. The zero-order chi connectivity index (χ0) is 21.7. The highest BCUT2D eigenvalue weighted by Crippen LogP contribution is 2.41. The van der Waals surface area contributed by atoms with Crippen LogP contribution in [0.4, 0.5) is 4.39 Å². The molecule has 2 aliphatic rings. The molecule has 0 unspecified atom stereocenters. The van der Waals surface area contributed by atoms with Gasteiger partial charge in [0.15, 0.2) is 20.4 Å². The lowest BCUT2D eigenvalue weighted by molar-refractivity contribution is 0.0984. The molecule has 1 spiro atoms. The molecule has 0 saturated carbocycles. The Kier molecular flexibility index (Phi) is 4.81. The van der Waals surface area contributed by atoms with E-state index in [1.807, 2.05) is 0 Å². The quantitative estimate of drug-likeness (QED) is 0.725. The van der Waals surface area contributed by atoms with Crippen LogP contribution in [0.1, 0.15) is 40.7 Å². The summed E-state index contributed by atoms with van der Waals surface area (Å²) in [5.74, 6) is -0.867. The molecular formula is C20H22FN3O5S. The molecule has 0 aliphatic carbocycles. The maximum atomic E-state index is 14.8. The van der Waals surface area contributed by atoms with E-state index < -0.39 is 31.7 Å². The highest BCUT2D eigenvalue weighted by Gasteiger charge is 2.57. The maximum Gasteiger partial charge on any atom is 0.189 e. The standard InChI is InChI=1S/C20H22FN3O5S/c1-12-7-16(24-29-12)17(25)9-13-3-4-15(21)14(8-13)19(2)11-30(26,27)20(18(22)23-19)5-6-28-10-20/h3-4,7-8H,5-6,9-11H2,1-2H3,(H2,22,23)/t19-,20-/m0/s1. The number of carbonyl (C=O) groups is 1. The third-order valence-corrected chi connectivity index (χ3v) is 8.44. The van der Waals surface area contributed by atoms with Crippen molar-refractivity contribution in [3.05, 3.63) is 52.7 Å². The molecule has 0 bridgehead atoms. The smallest absolute Gasteiger partial charge is 0.189 e. The van der Waals surface area contributed by atoms with E-state index in [2.05, 4.69) is 10.1 Å². The Bertz CT molecular complexity index is 1150. The van der Waals surface area contributed by atoms with Crippen LogP contribution in [0.5, 0.6) is 0 Å². The van der Waals surface area contributed by atoms with Crippen molar-refractivity contribution in [3.8, 4) is 0 Å². The van der Waals surface area contributed by atoms with E-state index in [0.29, 0.717) is 11.3 Å². The van der Waals surface area contributed by atoms with E-state index in [9.17, 15) is 17.6 Å². The van der Waals surface area contributed by atoms with Crippen LogP contribution in [0.25, 0.3) is 0 Å². The largest absolute Gasteiger partial charge is 0.386 e. The molecule has 0 amide bonds. The van der Waals surface area contributed by atoms with Crippen molar-refractivity contribution < 1.29 is 26.9 Å². The minimum Gasteiger partial charge on any atom is -0.386 e. The number of amidine groups is 1. The number of hydrogen-bond acceptors (Lipinski definition) is 8. The highest BCUT2D eigenvalue weighted by molar-refractivity contribution is 7.93. The van der Waals surface area contributed by atoms with Gasteiger partial charge >= 0.3 is 0 Å². The maximum absolute atomic E-state index is 14.8. The predicted molar refractivity (Wildman–Crippen MR) is 107 cm³/mol. The number of rotatable bonds is 4. The fraction of sp³-hybridized carbons (Fsp3) is 0.450. The van der Waals surface area contributed by atoms with Gasteiger partial charge in [-0.1, -0.05) is 11.2 Å². The van der Waals surface area contributed by atoms with Gasteiger partial charge in [0.25, 0.3) is 0 Å². The van der Waals surface area contributed by atoms with Gasteiger partial charge in [0.2, 0.25) is 0 Å². The second-order valence-corrected chi connectivity index (χ2v) is 10.4. The van der Waals surface area contributed by atoms with Crippen LogP contribution < -0.4 is 5.73 Å². The van der Waals surface area contributed by atoms with Gasteiger partial charge in [-0.3, -0.25) is 9.79 Å². The van der Waals surface area contributed by atoms with Crippen molar-refractivity contribution >= 4 is 21.5 Å². The first-order valence-corrected chi connectivity index (χ1v) is 11.1. The molecule has 2 aromatic rings. The fourth-order valence-electron chi connectivity index (χ4n) is 4.07. The van der Waals surface area contributed by atoms with Gasteiger partial charge in [0, 0.05) is 24.7 Å². The van der Waals surface area contributed by atoms with Crippen LogP contribution in [0, 0.1) is 12.7 Å². The molecule has 30 heavy (non-hydrogen) atoms. The van der Waals surface area contributed by atoms with Gasteiger partial charge in [-0.2, -0.15) is 0 Å². The summed E-state index contributed by atoms with van der Waals surface area (Å²) in [6.07, 6.45) is 0.188. The Morgan fingerprint density at radius 3 is 2.70 bits per heavy atom. The van der Waals surface area contributed by atoms with Crippen molar-refractivity contribution in [2.75, 3.05) is 19.0 Å². The van der Waals surface area contributed by atoms with Gasteiger partial charge in [0.05, 0.1) is 12.4 Å². The number of hydrogen-bond donors (Lipinski definition) is 1. The third kappa shape index (κ3) is 3.24. The molecule has 2 atom stereocenters. The molecule has 4 rings (SSSR count). The lowest BCUT2D eigenvalue weighted by Gasteiger charge is -2.39. The van der Waals surface area contributed by atoms with Crippen LogP contribution in [0.2, 0.25) is 0 Å². The number of carbonyl (C=O) groups excluding carboxylic acids is 1. The molecule has 1 aromatic heterocycles. The molecule has 160 valence electrons. The zero-order valence-corrected chi connectivity index (χ0v) is 17.5. The van der Waals surface area contributed by atoms with E-state index in [1.165, 1.54) is 31.2 Å². The molecule has 0 radical (unpaired) electrons. The van der Waals surface area contributed by atoms with Crippen LogP contribution in [-0.4, -0.2) is 48.9 Å². The summed E-state index contributed by atoms with van der Waals surface area (Å²) in [4.78, 5) is 16.9. The Morgan fingerprint density at radius 2 is 2.10 bits per heavy atom. The van der Waals surface area contributed by atoms with Crippen LogP contribution in [0.3, 0.4) is 0 Å². The number of nitrogens with zero attached hydrogens (tertiary/aromatic N) is 2. The molecule has 3 heterocycles. The van der Waals surface area contributed by atoms with Gasteiger partial charge in [-0.25, -0.2) is 12.8 Å². The molecule has 8 nitrogen and oxygen atoms in total. The number of aryl methyl sites for hydroxylation is 1. The number of aliphatic imine (C=N–C) groups is 1. The first kappa shape index (κ1) is 20.7. The summed E-state index contributed by atoms with van der Waals surface area (Å²) in [7, 11) is -3.76. The van der Waals surface area contributed by atoms with Gasteiger partial charge in [0.1, 0.15) is 28.6 Å². The lowest BCUT2D eigenvalue weighted by Crippen LogP contribution is -2.58. The molecular weight excluding hydrogens is 413 g/mol. The summed E-state index contributed by atoms with van der Waals surface area (Å²) in [5, 5.41) is 3.70. The number of ketones is 1. The minimum absolute atomic E-state index is 0.0426. The molecule has 10 heteroatoms. The molecule has 1 fully saturated rings. The summed E-state index contributed by atoms with van der Waals surface area (Å²) in [6, 6.07) is 5.67. The van der Waals surface area contributed by atoms with E-state index >= 15 is 0 Å². The Labute approximate surface area is 173 Å². The first-order valence-electron chi connectivity index (χ1n) is 9.48. The number of aromatic nitrogens is 1. The van der Waals surface area contributed by atoms with Gasteiger partial charge < -0.3 is 15.0 Å². The number of Topliss-reactive ketones (excluding diaryl/α,β-unsaturated/α-hetero) is 1. The summed E-state index contributed by atoms with van der Waals surface area (Å²) < 4.78 is 49.9. The fourth-order valence-corrected chi connectivity index (χ4v) is 6.33. The summed E-state index contributed by atoms with van der Waals surface area (Å²) in [5.41, 5.74) is 5.45. The summed E-state index contributed by atoms with van der Waals surface area (Å²) >= 11 is 0. The van der Waals surface area contributed by atoms with Gasteiger partial charge in [-0.05, 0) is 38.0 Å². The second-order valence-electron chi connectivity index (χ2n) is 8.06. The van der Waals surface area contributed by atoms with Crippen molar-refractivity contribution in [3.63, 3.8) is 0 Å². The number of sulfone groups is 1. The lowest BCUT2D eigenvalue weighted by atomic mass is 9.90. The molecule has 1 aromatic carbocycles. The number of benzene rings is 1. The third-order valence-electron chi connectivity index (χ3n) is 5.78. The van der Waals surface area contributed by atoms with Crippen LogP contribution >= 0.6 is 0 Å². The van der Waals surface area contributed by atoms with Crippen molar-refractivity contribution in [1.82, 2.24) is 5.16 Å². The number of nitrogens with two attached hydrogens (primary N) is 1. The topological polar surface area (TPSA) is 125 Å². The van der Waals surface area contributed by atoms with Crippen molar-refractivity contribution in [2.24, 2.45) is 10.7 Å². The van der Waals surface area contributed by atoms with E-state index in [0.717, 1.165) is 0 Å². The first-order chi connectivity index (χ1) is 14.1. The average molecular weight is 435 g/mol. The van der Waals surface area contributed by atoms with Crippen LogP contribution in [-0.2, 0) is 26.5 Å².